The Morgan fingerprint density at radius 2 is 1.63 bits per heavy atom. The molecule has 27 heavy (non-hydrogen) atoms. The molecule has 1 aliphatic rings. The molecule has 0 radical (unpaired) electrons. The average Bonchev–Trinajstić information content (AvgIpc) is 2.91. The van der Waals surface area contributed by atoms with Gasteiger partial charge in [-0.25, -0.2) is 0 Å². The van der Waals surface area contributed by atoms with E-state index >= 15 is 0 Å². The molecule has 0 saturated heterocycles. The van der Waals surface area contributed by atoms with Crippen LogP contribution in [0.1, 0.15) is 36.6 Å². The van der Waals surface area contributed by atoms with Crippen molar-refractivity contribution < 1.29 is 19.2 Å². The second kappa shape index (κ2) is 7.41. The van der Waals surface area contributed by atoms with Crippen molar-refractivity contribution in [3.8, 4) is 0 Å². The minimum absolute atomic E-state index is 0.143. The van der Waals surface area contributed by atoms with Crippen LogP contribution in [0.4, 0.5) is 0 Å². The molecule has 1 heterocycles. The first kappa shape index (κ1) is 18.3. The number of rotatable bonds is 5. The number of imide groups is 1. The van der Waals surface area contributed by atoms with Crippen LogP contribution in [0, 0.1) is 0 Å². The lowest BCUT2D eigenvalue weighted by Gasteiger charge is -2.13. The number of nitrogens with zero attached hydrogens (tertiary/aromatic N) is 2. The third-order valence-electron chi connectivity index (χ3n) is 4.32. The standard InChI is InChI=1S/C20H19N3O4/c1-22(2)17(24)11-21-18(25)14-8-9-15-16(10-14)20(27)23(19(15)26)12-13-6-4-3-5-7-13/h3-10H,11-12H2,1-2H3,(H,21,25). The first-order valence-electron chi connectivity index (χ1n) is 8.41. The number of amides is 4. The molecule has 0 saturated carbocycles. The van der Waals surface area contributed by atoms with Gasteiger partial charge in [0.15, 0.2) is 0 Å². The molecule has 1 N–H and O–H groups in total. The monoisotopic (exact) mass is 365 g/mol. The Labute approximate surface area is 156 Å². The quantitative estimate of drug-likeness (QED) is 0.809. The highest BCUT2D eigenvalue weighted by molar-refractivity contribution is 6.22. The van der Waals surface area contributed by atoms with Crippen molar-refractivity contribution in [2.45, 2.75) is 6.54 Å². The lowest BCUT2D eigenvalue weighted by Crippen LogP contribution is -2.36. The predicted octanol–water partition coefficient (Wildman–Crippen LogP) is 1.30. The van der Waals surface area contributed by atoms with Crippen molar-refractivity contribution in [1.82, 2.24) is 15.1 Å². The molecule has 0 fully saturated rings. The van der Waals surface area contributed by atoms with Gasteiger partial charge in [0, 0.05) is 19.7 Å². The number of likely N-dealkylation sites (N-methyl/N-ethyl adjacent to an activating group) is 1. The molecule has 2 aromatic carbocycles. The number of nitrogens with one attached hydrogen (secondary N) is 1. The van der Waals surface area contributed by atoms with Crippen molar-refractivity contribution in [3.63, 3.8) is 0 Å². The zero-order valence-corrected chi connectivity index (χ0v) is 15.1. The van der Waals surface area contributed by atoms with Gasteiger partial charge in [0.05, 0.1) is 24.2 Å². The van der Waals surface area contributed by atoms with E-state index in [4.69, 9.17) is 0 Å². The van der Waals surface area contributed by atoms with Gasteiger partial charge in [-0.2, -0.15) is 0 Å². The number of fused-ring (bicyclic) bond motifs is 1. The Bertz CT molecular complexity index is 922. The summed E-state index contributed by atoms with van der Waals surface area (Å²) >= 11 is 0. The van der Waals surface area contributed by atoms with Gasteiger partial charge in [0.25, 0.3) is 17.7 Å². The summed E-state index contributed by atoms with van der Waals surface area (Å²) in [5, 5.41) is 2.51. The van der Waals surface area contributed by atoms with Crippen LogP contribution in [0.5, 0.6) is 0 Å². The van der Waals surface area contributed by atoms with E-state index in [1.165, 1.54) is 23.1 Å². The maximum absolute atomic E-state index is 12.7. The van der Waals surface area contributed by atoms with E-state index in [2.05, 4.69) is 5.32 Å². The van der Waals surface area contributed by atoms with Gasteiger partial charge in [-0.3, -0.25) is 24.1 Å². The van der Waals surface area contributed by atoms with Crippen molar-refractivity contribution in [3.05, 3.63) is 70.8 Å². The second-order valence-corrected chi connectivity index (χ2v) is 6.41. The van der Waals surface area contributed by atoms with Gasteiger partial charge in [0.1, 0.15) is 0 Å². The van der Waals surface area contributed by atoms with Gasteiger partial charge in [-0.1, -0.05) is 30.3 Å². The van der Waals surface area contributed by atoms with Gasteiger partial charge >= 0.3 is 0 Å². The Hall–Kier alpha value is -3.48. The highest BCUT2D eigenvalue weighted by atomic mass is 16.2. The highest BCUT2D eigenvalue weighted by Gasteiger charge is 2.36. The molecule has 138 valence electrons. The van der Waals surface area contributed by atoms with Gasteiger partial charge in [-0.15, -0.1) is 0 Å². The molecule has 0 aromatic heterocycles. The minimum Gasteiger partial charge on any atom is -0.347 e. The number of hydrogen-bond acceptors (Lipinski definition) is 4. The molecule has 0 atom stereocenters. The molecule has 7 heteroatoms. The van der Waals surface area contributed by atoms with Crippen LogP contribution in [-0.4, -0.2) is 54.1 Å². The summed E-state index contributed by atoms with van der Waals surface area (Å²) in [5.41, 5.74) is 1.54. The molecule has 0 bridgehead atoms. The largest absolute Gasteiger partial charge is 0.347 e. The van der Waals surface area contributed by atoms with Crippen molar-refractivity contribution in [2.24, 2.45) is 0 Å². The average molecular weight is 365 g/mol. The van der Waals surface area contributed by atoms with Crippen LogP contribution in [0.25, 0.3) is 0 Å². The third-order valence-corrected chi connectivity index (χ3v) is 4.32. The van der Waals surface area contributed by atoms with E-state index in [9.17, 15) is 19.2 Å². The number of carbonyl (C=O) groups is 4. The van der Waals surface area contributed by atoms with Crippen molar-refractivity contribution >= 4 is 23.6 Å². The molecule has 3 rings (SSSR count). The molecule has 0 unspecified atom stereocenters. The van der Waals surface area contributed by atoms with Crippen LogP contribution in [-0.2, 0) is 11.3 Å². The van der Waals surface area contributed by atoms with Gasteiger partial charge < -0.3 is 10.2 Å². The Kier molecular flexibility index (Phi) is 5.03. The summed E-state index contributed by atoms with van der Waals surface area (Å²) in [6.07, 6.45) is 0. The smallest absolute Gasteiger partial charge is 0.261 e. The predicted molar refractivity (Wildman–Crippen MR) is 98.1 cm³/mol. The molecule has 2 aromatic rings. The summed E-state index contributed by atoms with van der Waals surface area (Å²) < 4.78 is 0. The third kappa shape index (κ3) is 3.72. The lowest BCUT2D eigenvalue weighted by atomic mass is 10.1. The Morgan fingerprint density at radius 3 is 2.30 bits per heavy atom. The lowest BCUT2D eigenvalue weighted by molar-refractivity contribution is -0.127. The van der Waals surface area contributed by atoms with Crippen molar-refractivity contribution in [1.29, 1.82) is 0 Å². The normalized spacial score (nSPS) is 12.7. The number of benzene rings is 2. The zero-order valence-electron chi connectivity index (χ0n) is 15.1. The van der Waals surface area contributed by atoms with Crippen LogP contribution in [0.2, 0.25) is 0 Å². The number of carbonyl (C=O) groups excluding carboxylic acids is 4. The Morgan fingerprint density at radius 1 is 0.963 bits per heavy atom. The Balaban J connectivity index is 1.77. The van der Waals surface area contributed by atoms with E-state index in [0.717, 1.165) is 10.5 Å². The van der Waals surface area contributed by atoms with Crippen LogP contribution in [0.15, 0.2) is 48.5 Å². The van der Waals surface area contributed by atoms with Crippen LogP contribution >= 0.6 is 0 Å². The van der Waals surface area contributed by atoms with Gasteiger partial charge in [0.2, 0.25) is 5.91 Å². The van der Waals surface area contributed by atoms with Crippen LogP contribution < -0.4 is 5.32 Å². The zero-order chi connectivity index (χ0) is 19.6. The summed E-state index contributed by atoms with van der Waals surface area (Å²) in [6, 6.07) is 13.6. The minimum atomic E-state index is -0.477. The summed E-state index contributed by atoms with van der Waals surface area (Å²) in [7, 11) is 3.19. The van der Waals surface area contributed by atoms with E-state index in [0.29, 0.717) is 0 Å². The molecular weight excluding hydrogens is 346 g/mol. The SMILES string of the molecule is CN(C)C(=O)CNC(=O)c1ccc2c(c1)C(=O)N(Cc1ccccc1)C2=O. The fourth-order valence-corrected chi connectivity index (χ4v) is 2.76. The summed E-state index contributed by atoms with van der Waals surface area (Å²) in [6.45, 7) is 0.0297. The fourth-order valence-electron chi connectivity index (χ4n) is 2.76. The molecule has 0 aliphatic carbocycles. The number of hydrogen-bond donors (Lipinski definition) is 1. The molecule has 0 spiro atoms. The maximum atomic E-state index is 12.7. The van der Waals surface area contributed by atoms with E-state index < -0.39 is 11.8 Å². The van der Waals surface area contributed by atoms with E-state index in [-0.39, 0.29) is 41.6 Å². The maximum Gasteiger partial charge on any atom is 0.261 e. The van der Waals surface area contributed by atoms with Gasteiger partial charge in [-0.05, 0) is 23.8 Å². The van der Waals surface area contributed by atoms with E-state index in [1.54, 1.807) is 14.1 Å². The summed E-state index contributed by atoms with van der Waals surface area (Å²) in [4.78, 5) is 51.5. The molecule has 4 amide bonds. The van der Waals surface area contributed by atoms with Crippen LogP contribution in [0.3, 0.4) is 0 Å². The summed E-state index contributed by atoms with van der Waals surface area (Å²) in [5.74, 6) is -1.54. The molecule has 7 nitrogen and oxygen atoms in total. The topological polar surface area (TPSA) is 86.8 Å². The van der Waals surface area contributed by atoms with E-state index in [1.807, 2.05) is 30.3 Å². The first-order valence-corrected chi connectivity index (χ1v) is 8.41. The highest BCUT2D eigenvalue weighted by Crippen LogP contribution is 2.25. The van der Waals surface area contributed by atoms with Crippen molar-refractivity contribution in [2.75, 3.05) is 20.6 Å². The first-order chi connectivity index (χ1) is 12.9. The molecule has 1 aliphatic heterocycles. The second-order valence-electron chi connectivity index (χ2n) is 6.41. The fraction of sp³-hybridized carbons (Fsp3) is 0.200. The molecular formula is C20H19N3O4.